The van der Waals surface area contributed by atoms with Gasteiger partial charge in [0.2, 0.25) is 0 Å². The molecule has 63 heavy (non-hydrogen) atoms. The lowest BCUT2D eigenvalue weighted by Crippen LogP contribution is -2.30. The third-order valence-corrected chi connectivity index (χ3v) is 12.1. The van der Waals surface area contributed by atoms with Gasteiger partial charge in [0, 0.05) is 19.3 Å². The van der Waals surface area contributed by atoms with Crippen LogP contribution in [0.15, 0.2) is 36.5 Å². The average Bonchev–Trinajstić information content (AvgIpc) is 3.28. The molecule has 0 aliphatic rings. The molecule has 368 valence electrons. The Bertz CT molecular complexity index is 1060. The lowest BCUT2D eigenvalue weighted by Gasteiger charge is -2.18. The molecule has 0 aromatic rings. The maximum absolute atomic E-state index is 12.8. The van der Waals surface area contributed by atoms with Crippen LogP contribution < -0.4 is 0 Å². The third kappa shape index (κ3) is 50.5. The average molecular weight is 885 g/mol. The van der Waals surface area contributed by atoms with Crippen LogP contribution in [0.1, 0.15) is 290 Å². The van der Waals surface area contributed by atoms with Crippen molar-refractivity contribution in [3.63, 3.8) is 0 Å². The molecular formula is C57H104O6. The molecule has 0 aromatic carbocycles. The second kappa shape index (κ2) is 52.3. The molecule has 6 heteroatoms. The molecule has 0 heterocycles. The number of carbonyl (C=O) groups excluding carboxylic acids is 3. The zero-order chi connectivity index (χ0) is 45.8. The fraction of sp³-hybridized carbons (Fsp3) is 0.842. The Hall–Kier alpha value is -2.37. The fourth-order valence-corrected chi connectivity index (χ4v) is 7.94. The second-order valence-corrected chi connectivity index (χ2v) is 18.5. The van der Waals surface area contributed by atoms with Gasteiger partial charge in [0.15, 0.2) is 6.10 Å². The Labute approximate surface area is 391 Å². The molecule has 0 spiro atoms. The van der Waals surface area contributed by atoms with Gasteiger partial charge in [-0.3, -0.25) is 14.4 Å². The highest BCUT2D eigenvalue weighted by Gasteiger charge is 2.19. The van der Waals surface area contributed by atoms with E-state index in [1.54, 1.807) is 0 Å². The van der Waals surface area contributed by atoms with Crippen LogP contribution in [0.4, 0.5) is 0 Å². The summed E-state index contributed by atoms with van der Waals surface area (Å²) < 4.78 is 16.8. The zero-order valence-corrected chi connectivity index (χ0v) is 42.1. The van der Waals surface area contributed by atoms with Crippen LogP contribution >= 0.6 is 0 Å². The molecule has 0 aromatic heterocycles. The summed E-state index contributed by atoms with van der Waals surface area (Å²) in [7, 11) is 0. The van der Waals surface area contributed by atoms with Crippen molar-refractivity contribution in [3.8, 4) is 0 Å². The number of esters is 3. The minimum atomic E-state index is -0.776. The number of ether oxygens (including phenoxy) is 3. The predicted octanol–water partition coefficient (Wildman–Crippen LogP) is 18.1. The number of allylic oxidation sites excluding steroid dienone is 6. The minimum Gasteiger partial charge on any atom is -0.462 e. The number of rotatable bonds is 50. The van der Waals surface area contributed by atoms with Gasteiger partial charge in [0.25, 0.3) is 0 Å². The van der Waals surface area contributed by atoms with Crippen LogP contribution in [-0.2, 0) is 28.6 Å². The first kappa shape index (κ1) is 60.6. The first-order chi connectivity index (χ1) is 31.0. The van der Waals surface area contributed by atoms with Gasteiger partial charge in [-0.15, -0.1) is 0 Å². The smallest absolute Gasteiger partial charge is 0.306 e. The first-order valence-corrected chi connectivity index (χ1v) is 27.5. The SMILES string of the molecule is CCCCC/C=C\C/C=C\CCCCCCCCCC(=O)O[C@H](COC(=O)CCCCCCC/C=C\CCCCCCCC)COC(=O)CCCCCCCCCCCCCCC. The molecule has 0 amide bonds. The second-order valence-electron chi connectivity index (χ2n) is 18.5. The summed E-state index contributed by atoms with van der Waals surface area (Å²) in [5.41, 5.74) is 0. The Morgan fingerprint density at radius 1 is 0.317 bits per heavy atom. The quantitative estimate of drug-likeness (QED) is 0.0262. The zero-order valence-electron chi connectivity index (χ0n) is 42.1. The van der Waals surface area contributed by atoms with E-state index in [1.165, 1.54) is 173 Å². The van der Waals surface area contributed by atoms with Gasteiger partial charge >= 0.3 is 17.9 Å². The third-order valence-electron chi connectivity index (χ3n) is 12.1. The molecule has 6 nitrogen and oxygen atoms in total. The van der Waals surface area contributed by atoms with E-state index in [4.69, 9.17) is 14.2 Å². The van der Waals surface area contributed by atoms with E-state index in [9.17, 15) is 14.4 Å². The summed E-state index contributed by atoms with van der Waals surface area (Å²) in [5.74, 6) is -0.878. The Morgan fingerprint density at radius 3 is 0.921 bits per heavy atom. The van der Waals surface area contributed by atoms with Crippen molar-refractivity contribution < 1.29 is 28.6 Å². The van der Waals surface area contributed by atoms with Gasteiger partial charge in [-0.1, -0.05) is 231 Å². The molecule has 0 fully saturated rings. The highest BCUT2D eigenvalue weighted by atomic mass is 16.6. The van der Waals surface area contributed by atoms with Gasteiger partial charge < -0.3 is 14.2 Å². The molecule has 0 saturated heterocycles. The van der Waals surface area contributed by atoms with Gasteiger partial charge in [-0.05, 0) is 77.0 Å². The van der Waals surface area contributed by atoms with E-state index >= 15 is 0 Å². The lowest BCUT2D eigenvalue weighted by atomic mass is 10.0. The Morgan fingerprint density at radius 2 is 0.571 bits per heavy atom. The Balaban J connectivity index is 4.37. The molecule has 0 radical (unpaired) electrons. The molecule has 0 aliphatic heterocycles. The van der Waals surface area contributed by atoms with Crippen molar-refractivity contribution >= 4 is 17.9 Å². The summed E-state index contributed by atoms with van der Waals surface area (Å²) >= 11 is 0. The van der Waals surface area contributed by atoms with E-state index < -0.39 is 6.10 Å². The summed E-state index contributed by atoms with van der Waals surface area (Å²) in [6.45, 7) is 6.62. The molecule has 0 N–H and O–H groups in total. The van der Waals surface area contributed by atoms with Crippen LogP contribution in [0, 0.1) is 0 Å². The van der Waals surface area contributed by atoms with Gasteiger partial charge in [-0.25, -0.2) is 0 Å². The highest BCUT2D eigenvalue weighted by molar-refractivity contribution is 5.71. The maximum Gasteiger partial charge on any atom is 0.306 e. The van der Waals surface area contributed by atoms with Crippen LogP contribution in [-0.4, -0.2) is 37.2 Å². The normalized spacial score (nSPS) is 12.2. The van der Waals surface area contributed by atoms with Crippen LogP contribution in [0.5, 0.6) is 0 Å². The minimum absolute atomic E-state index is 0.0748. The van der Waals surface area contributed by atoms with Crippen molar-refractivity contribution in [2.24, 2.45) is 0 Å². The largest absolute Gasteiger partial charge is 0.462 e. The number of carbonyl (C=O) groups is 3. The van der Waals surface area contributed by atoms with E-state index in [2.05, 4.69) is 57.2 Å². The number of hydrogen-bond donors (Lipinski definition) is 0. The molecule has 1 atom stereocenters. The van der Waals surface area contributed by atoms with Crippen molar-refractivity contribution in [1.82, 2.24) is 0 Å². The van der Waals surface area contributed by atoms with Gasteiger partial charge in [0.1, 0.15) is 13.2 Å². The molecule has 0 aliphatic carbocycles. The summed E-state index contributed by atoms with van der Waals surface area (Å²) in [6, 6.07) is 0. The lowest BCUT2D eigenvalue weighted by molar-refractivity contribution is -0.167. The molecule has 0 saturated carbocycles. The fourth-order valence-electron chi connectivity index (χ4n) is 7.94. The van der Waals surface area contributed by atoms with Crippen molar-refractivity contribution in [2.45, 2.75) is 297 Å². The van der Waals surface area contributed by atoms with Gasteiger partial charge in [-0.2, -0.15) is 0 Å². The maximum atomic E-state index is 12.8. The first-order valence-electron chi connectivity index (χ1n) is 27.5. The summed E-state index contributed by atoms with van der Waals surface area (Å²) in [4.78, 5) is 38.0. The van der Waals surface area contributed by atoms with Crippen molar-refractivity contribution in [1.29, 1.82) is 0 Å². The predicted molar refractivity (Wildman–Crippen MR) is 270 cm³/mol. The van der Waals surface area contributed by atoms with E-state index in [1.807, 2.05) is 0 Å². The van der Waals surface area contributed by atoms with Crippen LogP contribution in [0.2, 0.25) is 0 Å². The molecule has 0 bridgehead atoms. The van der Waals surface area contributed by atoms with E-state index in [0.717, 1.165) is 77.0 Å². The van der Waals surface area contributed by atoms with E-state index in [0.29, 0.717) is 19.3 Å². The molecule has 0 rings (SSSR count). The standard InChI is InChI=1S/C57H104O6/c1-4-7-10-13-16-19-22-25-27-28-30-33-36-39-42-45-48-51-57(60)63-54(52-61-55(58)49-46-43-40-37-34-31-24-21-18-15-12-9-6-3)53-62-56(59)50-47-44-41-38-35-32-29-26-23-20-17-14-11-8-5-2/h16,19,25-27,29,54H,4-15,17-18,20-24,28,30-53H2,1-3H3/b19-16-,27-25-,29-26-/t54-/m0/s1. The number of hydrogen-bond acceptors (Lipinski definition) is 6. The highest BCUT2D eigenvalue weighted by Crippen LogP contribution is 2.16. The van der Waals surface area contributed by atoms with Gasteiger partial charge in [0.05, 0.1) is 0 Å². The number of unbranched alkanes of at least 4 members (excludes halogenated alkanes) is 33. The molecule has 0 unspecified atom stereocenters. The molecular weight excluding hydrogens is 781 g/mol. The van der Waals surface area contributed by atoms with Crippen LogP contribution in [0.25, 0.3) is 0 Å². The van der Waals surface area contributed by atoms with Crippen LogP contribution in [0.3, 0.4) is 0 Å². The monoisotopic (exact) mass is 885 g/mol. The topological polar surface area (TPSA) is 78.9 Å². The summed E-state index contributed by atoms with van der Waals surface area (Å²) in [5, 5.41) is 0. The van der Waals surface area contributed by atoms with E-state index in [-0.39, 0.29) is 31.1 Å². The van der Waals surface area contributed by atoms with Crippen molar-refractivity contribution in [3.05, 3.63) is 36.5 Å². The Kier molecular flexibility index (Phi) is 50.3. The summed E-state index contributed by atoms with van der Waals surface area (Å²) in [6.07, 6.45) is 61.2. The van der Waals surface area contributed by atoms with Crippen molar-refractivity contribution in [2.75, 3.05) is 13.2 Å².